The molecule has 1 amide bonds. The van der Waals surface area contributed by atoms with Gasteiger partial charge in [0.15, 0.2) is 0 Å². The number of aromatic nitrogens is 2. The second kappa shape index (κ2) is 4.90. The summed E-state index contributed by atoms with van der Waals surface area (Å²) in [5.74, 6) is -0.0802. The molecule has 1 aromatic heterocycles. The lowest BCUT2D eigenvalue weighted by Gasteiger charge is -2.22. The number of carbonyl (C=O) groups is 1. The monoisotopic (exact) mass is 210 g/mol. The van der Waals surface area contributed by atoms with Gasteiger partial charge in [0, 0.05) is 31.4 Å². The summed E-state index contributed by atoms with van der Waals surface area (Å²) in [7, 11) is 0. The summed E-state index contributed by atoms with van der Waals surface area (Å²) in [6, 6.07) is 0. The molecule has 0 saturated carbocycles. The van der Waals surface area contributed by atoms with Crippen LogP contribution in [0.2, 0.25) is 0 Å². The fourth-order valence-electron chi connectivity index (χ4n) is 1.41. The number of hydrogen-bond donors (Lipinski definition) is 3. The minimum Gasteiger partial charge on any atom is -0.366 e. The summed E-state index contributed by atoms with van der Waals surface area (Å²) < 4.78 is 5.31. The number of morpholine rings is 1. The van der Waals surface area contributed by atoms with Crippen molar-refractivity contribution in [2.75, 3.05) is 19.7 Å². The van der Waals surface area contributed by atoms with Crippen LogP contribution in [0.1, 0.15) is 5.56 Å². The quantitative estimate of drug-likeness (QED) is 0.599. The second-order valence-corrected chi connectivity index (χ2v) is 3.39. The van der Waals surface area contributed by atoms with Gasteiger partial charge in [-0.05, 0) is 0 Å². The molecule has 15 heavy (non-hydrogen) atoms. The lowest BCUT2D eigenvalue weighted by Crippen LogP contribution is -2.47. The number of H-pyrrole nitrogens is 1. The van der Waals surface area contributed by atoms with Crippen LogP contribution in [0.3, 0.4) is 0 Å². The highest BCUT2D eigenvalue weighted by atomic mass is 16.5. The molecule has 1 fully saturated rings. The van der Waals surface area contributed by atoms with Crippen LogP contribution in [0.15, 0.2) is 12.4 Å². The van der Waals surface area contributed by atoms with Gasteiger partial charge in [0.2, 0.25) is 0 Å². The van der Waals surface area contributed by atoms with E-state index in [0.717, 1.165) is 12.1 Å². The van der Waals surface area contributed by atoms with Crippen LogP contribution in [-0.4, -0.2) is 41.9 Å². The van der Waals surface area contributed by atoms with Gasteiger partial charge in [-0.2, -0.15) is 5.10 Å². The van der Waals surface area contributed by atoms with Crippen LogP contribution in [0.5, 0.6) is 0 Å². The van der Waals surface area contributed by atoms with Gasteiger partial charge < -0.3 is 15.4 Å². The van der Waals surface area contributed by atoms with Gasteiger partial charge in [0.05, 0.1) is 12.8 Å². The summed E-state index contributed by atoms with van der Waals surface area (Å²) in [5, 5.41) is 12.4. The molecule has 1 saturated heterocycles. The standard InChI is InChI=1S/C9H14N4O2/c14-9(8-6-10-1-2-15-8)11-3-7-4-12-13-5-7/h4-5,8,10H,1-3,6H2,(H,11,14)(H,12,13). The van der Waals surface area contributed by atoms with Gasteiger partial charge in [-0.1, -0.05) is 0 Å². The molecule has 0 aromatic carbocycles. The van der Waals surface area contributed by atoms with Crippen molar-refractivity contribution in [2.45, 2.75) is 12.6 Å². The summed E-state index contributed by atoms with van der Waals surface area (Å²) in [4.78, 5) is 11.6. The van der Waals surface area contributed by atoms with Crippen molar-refractivity contribution in [3.8, 4) is 0 Å². The number of ether oxygens (including phenoxy) is 1. The van der Waals surface area contributed by atoms with E-state index >= 15 is 0 Å². The summed E-state index contributed by atoms with van der Waals surface area (Å²) in [5.41, 5.74) is 0.951. The normalized spacial score (nSPS) is 21.2. The van der Waals surface area contributed by atoms with Crippen LogP contribution in [-0.2, 0) is 16.1 Å². The van der Waals surface area contributed by atoms with Gasteiger partial charge in [-0.25, -0.2) is 0 Å². The van der Waals surface area contributed by atoms with Crippen molar-refractivity contribution >= 4 is 5.91 Å². The molecule has 3 N–H and O–H groups in total. The van der Waals surface area contributed by atoms with Gasteiger partial charge in [-0.3, -0.25) is 9.89 Å². The molecule has 1 unspecified atom stereocenters. The summed E-state index contributed by atoms with van der Waals surface area (Å²) >= 11 is 0. The number of nitrogens with zero attached hydrogens (tertiary/aromatic N) is 1. The van der Waals surface area contributed by atoms with E-state index in [2.05, 4.69) is 20.8 Å². The lowest BCUT2D eigenvalue weighted by molar-refractivity contribution is -0.134. The molecular formula is C9H14N4O2. The Morgan fingerprint density at radius 3 is 3.33 bits per heavy atom. The maximum absolute atomic E-state index is 11.6. The maximum atomic E-state index is 11.6. The lowest BCUT2D eigenvalue weighted by atomic mass is 10.2. The third-order valence-corrected chi connectivity index (χ3v) is 2.24. The Morgan fingerprint density at radius 1 is 1.73 bits per heavy atom. The van der Waals surface area contributed by atoms with Crippen molar-refractivity contribution in [3.63, 3.8) is 0 Å². The molecule has 2 rings (SSSR count). The third kappa shape index (κ3) is 2.77. The topological polar surface area (TPSA) is 79.0 Å². The number of aromatic amines is 1. The number of amides is 1. The number of carbonyl (C=O) groups excluding carboxylic acids is 1. The van der Waals surface area contributed by atoms with E-state index < -0.39 is 0 Å². The molecule has 0 radical (unpaired) electrons. The third-order valence-electron chi connectivity index (χ3n) is 2.24. The average Bonchev–Trinajstić information content (AvgIpc) is 2.80. The zero-order valence-corrected chi connectivity index (χ0v) is 8.32. The second-order valence-electron chi connectivity index (χ2n) is 3.39. The van der Waals surface area contributed by atoms with Gasteiger partial charge in [-0.15, -0.1) is 0 Å². The molecule has 6 heteroatoms. The predicted molar refractivity (Wildman–Crippen MR) is 53.0 cm³/mol. The first-order valence-electron chi connectivity index (χ1n) is 4.94. The SMILES string of the molecule is O=C(NCc1cn[nH]c1)C1CNCCO1. The number of rotatable bonds is 3. The van der Waals surface area contributed by atoms with Gasteiger partial charge in [0.25, 0.3) is 5.91 Å². The molecule has 2 heterocycles. The molecule has 0 spiro atoms. The molecular weight excluding hydrogens is 196 g/mol. The zero-order chi connectivity index (χ0) is 10.5. The Morgan fingerprint density at radius 2 is 2.67 bits per heavy atom. The van der Waals surface area contributed by atoms with Crippen LogP contribution in [0.4, 0.5) is 0 Å². The molecule has 6 nitrogen and oxygen atoms in total. The Balaban J connectivity index is 1.76. The van der Waals surface area contributed by atoms with E-state index in [1.54, 1.807) is 12.4 Å². The fraction of sp³-hybridized carbons (Fsp3) is 0.556. The average molecular weight is 210 g/mol. The van der Waals surface area contributed by atoms with Crippen LogP contribution in [0.25, 0.3) is 0 Å². The van der Waals surface area contributed by atoms with Gasteiger partial charge in [0.1, 0.15) is 6.10 Å². The molecule has 1 aliphatic heterocycles. The van der Waals surface area contributed by atoms with Crippen molar-refractivity contribution in [3.05, 3.63) is 18.0 Å². The first-order valence-corrected chi connectivity index (χ1v) is 4.94. The zero-order valence-electron chi connectivity index (χ0n) is 8.32. The first-order chi connectivity index (χ1) is 7.36. The van der Waals surface area contributed by atoms with E-state index in [1.807, 2.05) is 0 Å². The largest absolute Gasteiger partial charge is 0.366 e. The maximum Gasteiger partial charge on any atom is 0.250 e. The predicted octanol–water partition coefficient (Wildman–Crippen LogP) is -0.986. The first kappa shape index (κ1) is 10.1. The highest BCUT2D eigenvalue weighted by molar-refractivity contribution is 5.81. The summed E-state index contributed by atoms with van der Waals surface area (Å²) in [6.07, 6.45) is 3.06. The fourth-order valence-corrected chi connectivity index (χ4v) is 1.41. The highest BCUT2D eigenvalue weighted by Crippen LogP contribution is 1.97. The smallest absolute Gasteiger partial charge is 0.250 e. The Labute approximate surface area is 87.4 Å². The number of nitrogens with one attached hydrogen (secondary N) is 3. The summed E-state index contributed by atoms with van der Waals surface area (Å²) in [6.45, 7) is 2.46. The molecule has 1 atom stereocenters. The van der Waals surface area contributed by atoms with Gasteiger partial charge >= 0.3 is 0 Å². The minimum atomic E-state index is -0.370. The van der Waals surface area contributed by atoms with Crippen molar-refractivity contribution in [1.82, 2.24) is 20.8 Å². The highest BCUT2D eigenvalue weighted by Gasteiger charge is 2.21. The Kier molecular flexibility index (Phi) is 3.31. The van der Waals surface area contributed by atoms with E-state index in [9.17, 15) is 4.79 Å². The Hall–Kier alpha value is -1.40. The van der Waals surface area contributed by atoms with E-state index in [-0.39, 0.29) is 12.0 Å². The van der Waals surface area contributed by atoms with Crippen LogP contribution < -0.4 is 10.6 Å². The van der Waals surface area contributed by atoms with E-state index in [1.165, 1.54) is 0 Å². The minimum absolute atomic E-state index is 0.0802. The van der Waals surface area contributed by atoms with Crippen molar-refractivity contribution < 1.29 is 9.53 Å². The van der Waals surface area contributed by atoms with Crippen LogP contribution in [0, 0.1) is 0 Å². The molecule has 1 aliphatic rings. The molecule has 1 aromatic rings. The van der Waals surface area contributed by atoms with E-state index in [0.29, 0.717) is 19.7 Å². The van der Waals surface area contributed by atoms with Crippen LogP contribution >= 0.6 is 0 Å². The van der Waals surface area contributed by atoms with E-state index in [4.69, 9.17) is 4.74 Å². The van der Waals surface area contributed by atoms with Crippen molar-refractivity contribution in [2.24, 2.45) is 0 Å². The Bertz CT molecular complexity index is 306. The molecule has 82 valence electrons. The molecule has 0 aliphatic carbocycles. The number of hydrogen-bond acceptors (Lipinski definition) is 4. The van der Waals surface area contributed by atoms with Crippen molar-refractivity contribution in [1.29, 1.82) is 0 Å². The molecule has 0 bridgehead atoms.